The van der Waals surface area contributed by atoms with Crippen molar-refractivity contribution < 1.29 is 0 Å². The van der Waals surface area contributed by atoms with Crippen molar-refractivity contribution in [3.8, 4) is 0 Å². The van der Waals surface area contributed by atoms with Crippen molar-refractivity contribution >= 4 is 0 Å². The summed E-state index contributed by atoms with van der Waals surface area (Å²) in [5.41, 5.74) is 5.99. The zero-order chi connectivity index (χ0) is 9.84. The number of aromatic nitrogens is 1. The first kappa shape index (κ1) is 10.2. The van der Waals surface area contributed by atoms with E-state index in [4.69, 9.17) is 0 Å². The normalized spacial score (nSPS) is 12.9. The van der Waals surface area contributed by atoms with E-state index in [0.29, 0.717) is 0 Å². The molecule has 0 aliphatic heterocycles. The molecule has 0 spiro atoms. The first-order valence-corrected chi connectivity index (χ1v) is 5.04. The minimum Gasteiger partial charge on any atom is -0.326 e. The number of rotatable bonds is 4. The van der Waals surface area contributed by atoms with Crippen LogP contribution < -0.4 is 5.43 Å². The SMILES string of the molecule is CCC(C)CNn1c(C)ccc1C. The smallest absolute Gasteiger partial charge is 0.0366 e. The lowest BCUT2D eigenvalue weighted by Crippen LogP contribution is -2.22. The van der Waals surface area contributed by atoms with Crippen molar-refractivity contribution in [2.45, 2.75) is 34.1 Å². The van der Waals surface area contributed by atoms with Crippen molar-refractivity contribution in [2.75, 3.05) is 12.0 Å². The predicted molar refractivity (Wildman–Crippen MR) is 57.6 cm³/mol. The molecule has 0 bridgehead atoms. The van der Waals surface area contributed by atoms with Crippen LogP contribution >= 0.6 is 0 Å². The molecule has 1 rings (SSSR count). The first-order chi connectivity index (χ1) is 6.15. The molecule has 1 aromatic rings. The molecule has 0 amide bonds. The molecule has 0 saturated carbocycles. The molecule has 2 heteroatoms. The van der Waals surface area contributed by atoms with Crippen LogP contribution in [-0.4, -0.2) is 11.2 Å². The largest absolute Gasteiger partial charge is 0.326 e. The topological polar surface area (TPSA) is 17.0 Å². The number of nitrogens with one attached hydrogen (secondary N) is 1. The zero-order valence-electron chi connectivity index (χ0n) is 9.09. The van der Waals surface area contributed by atoms with Crippen LogP contribution in [0.2, 0.25) is 0 Å². The third-order valence-electron chi connectivity index (χ3n) is 2.57. The van der Waals surface area contributed by atoms with E-state index in [1.165, 1.54) is 17.8 Å². The van der Waals surface area contributed by atoms with E-state index in [1.807, 2.05) is 0 Å². The van der Waals surface area contributed by atoms with Gasteiger partial charge in [0.25, 0.3) is 0 Å². The van der Waals surface area contributed by atoms with E-state index in [9.17, 15) is 0 Å². The lowest BCUT2D eigenvalue weighted by molar-refractivity contribution is 0.561. The Bertz CT molecular complexity index is 244. The van der Waals surface area contributed by atoms with E-state index >= 15 is 0 Å². The molecule has 0 aliphatic rings. The van der Waals surface area contributed by atoms with Gasteiger partial charge in [-0.15, -0.1) is 0 Å². The molecule has 0 fully saturated rings. The fourth-order valence-corrected chi connectivity index (χ4v) is 1.31. The van der Waals surface area contributed by atoms with E-state index in [-0.39, 0.29) is 0 Å². The molecule has 0 saturated heterocycles. The average molecular weight is 180 g/mol. The van der Waals surface area contributed by atoms with Gasteiger partial charge in [0.2, 0.25) is 0 Å². The second-order valence-electron chi connectivity index (χ2n) is 3.83. The molecular formula is C11H20N2. The molecule has 0 aromatic carbocycles. The quantitative estimate of drug-likeness (QED) is 0.754. The van der Waals surface area contributed by atoms with Gasteiger partial charge in [-0.2, -0.15) is 0 Å². The minimum absolute atomic E-state index is 0.737. The monoisotopic (exact) mass is 180 g/mol. The Kier molecular flexibility index (Phi) is 3.40. The first-order valence-electron chi connectivity index (χ1n) is 5.04. The van der Waals surface area contributed by atoms with E-state index in [1.54, 1.807) is 0 Å². The van der Waals surface area contributed by atoms with Gasteiger partial charge >= 0.3 is 0 Å². The van der Waals surface area contributed by atoms with E-state index in [2.05, 4.69) is 49.9 Å². The third kappa shape index (κ3) is 2.51. The minimum atomic E-state index is 0.737. The number of hydrogen-bond acceptors (Lipinski definition) is 1. The number of hydrogen-bond donors (Lipinski definition) is 1. The maximum Gasteiger partial charge on any atom is 0.0366 e. The van der Waals surface area contributed by atoms with E-state index in [0.717, 1.165) is 12.5 Å². The summed E-state index contributed by atoms with van der Waals surface area (Å²) in [4.78, 5) is 0. The van der Waals surface area contributed by atoms with Crippen LogP contribution in [0.3, 0.4) is 0 Å². The van der Waals surface area contributed by atoms with E-state index < -0.39 is 0 Å². The molecule has 1 unspecified atom stereocenters. The van der Waals surface area contributed by atoms with Crippen molar-refractivity contribution in [3.63, 3.8) is 0 Å². The molecule has 0 aliphatic carbocycles. The molecule has 74 valence electrons. The number of aryl methyl sites for hydroxylation is 2. The molecule has 1 N–H and O–H groups in total. The molecular weight excluding hydrogens is 160 g/mol. The summed E-state index contributed by atoms with van der Waals surface area (Å²) in [6, 6.07) is 4.28. The van der Waals surface area contributed by atoms with Crippen molar-refractivity contribution in [3.05, 3.63) is 23.5 Å². The lowest BCUT2D eigenvalue weighted by atomic mass is 10.1. The predicted octanol–water partition coefficient (Wildman–Crippen LogP) is 2.69. The van der Waals surface area contributed by atoms with Crippen LogP contribution in [0.4, 0.5) is 0 Å². The highest BCUT2D eigenvalue weighted by atomic mass is 15.4. The lowest BCUT2D eigenvalue weighted by Gasteiger charge is -2.15. The fraction of sp³-hybridized carbons (Fsp3) is 0.636. The van der Waals surface area contributed by atoms with Gasteiger partial charge in [-0.05, 0) is 31.9 Å². The highest BCUT2D eigenvalue weighted by molar-refractivity contribution is 5.15. The summed E-state index contributed by atoms with van der Waals surface area (Å²) >= 11 is 0. The van der Waals surface area contributed by atoms with Crippen LogP contribution in [0.25, 0.3) is 0 Å². The molecule has 1 heterocycles. The maximum atomic E-state index is 3.43. The third-order valence-corrected chi connectivity index (χ3v) is 2.57. The second kappa shape index (κ2) is 4.35. The summed E-state index contributed by atoms with van der Waals surface area (Å²) in [5, 5.41) is 0. The Morgan fingerprint density at radius 2 is 1.85 bits per heavy atom. The maximum absolute atomic E-state index is 3.43. The van der Waals surface area contributed by atoms with Crippen molar-refractivity contribution in [2.24, 2.45) is 5.92 Å². The Labute approximate surface area is 80.9 Å². The summed E-state index contributed by atoms with van der Waals surface area (Å²) in [7, 11) is 0. The van der Waals surface area contributed by atoms with Gasteiger partial charge < -0.3 is 5.43 Å². The zero-order valence-corrected chi connectivity index (χ0v) is 9.09. The van der Waals surface area contributed by atoms with Gasteiger partial charge in [-0.1, -0.05) is 20.3 Å². The molecule has 1 atom stereocenters. The highest BCUT2D eigenvalue weighted by Gasteiger charge is 2.01. The van der Waals surface area contributed by atoms with Crippen LogP contribution in [0.15, 0.2) is 12.1 Å². The van der Waals surface area contributed by atoms with Gasteiger partial charge in [0.05, 0.1) is 0 Å². The molecule has 13 heavy (non-hydrogen) atoms. The van der Waals surface area contributed by atoms with Gasteiger partial charge in [-0.25, -0.2) is 0 Å². The van der Waals surface area contributed by atoms with Crippen LogP contribution in [0, 0.1) is 19.8 Å². The van der Waals surface area contributed by atoms with Crippen LogP contribution in [0.1, 0.15) is 31.7 Å². The Hall–Kier alpha value is -0.920. The van der Waals surface area contributed by atoms with Crippen LogP contribution in [-0.2, 0) is 0 Å². The van der Waals surface area contributed by atoms with Crippen LogP contribution in [0.5, 0.6) is 0 Å². The summed E-state index contributed by atoms with van der Waals surface area (Å²) in [6.07, 6.45) is 1.23. The molecule has 2 nitrogen and oxygen atoms in total. The van der Waals surface area contributed by atoms with Crippen molar-refractivity contribution in [1.29, 1.82) is 0 Å². The average Bonchev–Trinajstić information content (AvgIpc) is 2.43. The molecule has 1 aromatic heterocycles. The number of nitrogens with zero attached hydrogens (tertiary/aromatic N) is 1. The van der Waals surface area contributed by atoms with Gasteiger partial charge in [0, 0.05) is 17.9 Å². The van der Waals surface area contributed by atoms with Crippen molar-refractivity contribution in [1.82, 2.24) is 4.68 Å². The second-order valence-corrected chi connectivity index (χ2v) is 3.83. The summed E-state index contributed by atoms with van der Waals surface area (Å²) in [5.74, 6) is 0.737. The fourth-order valence-electron chi connectivity index (χ4n) is 1.31. The highest BCUT2D eigenvalue weighted by Crippen LogP contribution is 2.05. The Balaban J connectivity index is 2.53. The standard InChI is InChI=1S/C11H20N2/c1-5-9(2)8-12-13-10(3)6-7-11(13)4/h6-7,9,12H,5,8H2,1-4H3. The Morgan fingerprint density at radius 1 is 1.31 bits per heavy atom. The molecule has 0 radical (unpaired) electrons. The summed E-state index contributed by atoms with van der Waals surface area (Å²) < 4.78 is 2.16. The van der Waals surface area contributed by atoms with Gasteiger partial charge in [0.1, 0.15) is 0 Å². The van der Waals surface area contributed by atoms with Gasteiger partial charge in [-0.3, -0.25) is 4.68 Å². The van der Waals surface area contributed by atoms with Gasteiger partial charge in [0.15, 0.2) is 0 Å². The summed E-state index contributed by atoms with van der Waals surface area (Å²) in [6.45, 7) is 9.78. The Morgan fingerprint density at radius 3 is 2.31 bits per heavy atom.